The topological polar surface area (TPSA) is 356 Å². The molecule has 39 heteroatoms. The fourth-order valence-electron chi connectivity index (χ4n) is 18.1. The molecule has 6 aliphatic rings. The quantitative estimate of drug-likeness (QED) is 0.0519. The summed E-state index contributed by atoms with van der Waals surface area (Å²) in [7, 11) is 25.6. The molecular formula is C110H136BClN30O7. The number of nitrogens with zero attached hydrogens (tertiary/aromatic N) is 24. The van der Waals surface area contributed by atoms with Crippen molar-refractivity contribution in [3.05, 3.63) is 259 Å². The van der Waals surface area contributed by atoms with Crippen molar-refractivity contribution in [3.8, 4) is 56.3 Å². The van der Waals surface area contributed by atoms with Gasteiger partial charge >= 0.3 is 37.3 Å². The van der Waals surface area contributed by atoms with Gasteiger partial charge in [0.15, 0.2) is 28.2 Å². The smallest absolute Gasteiger partial charge is 0.400 e. The second kappa shape index (κ2) is 47.9. The summed E-state index contributed by atoms with van der Waals surface area (Å²) >= 11 is 5.92. The van der Waals surface area contributed by atoms with Gasteiger partial charge < -0.3 is 85.3 Å². The summed E-state index contributed by atoms with van der Waals surface area (Å²) in [6.07, 6.45) is 32.0. The molecule has 0 spiro atoms. The minimum atomic E-state index is -0.220. The standard InChI is InChI=1S/2C21H26N6O.C21H24N6O.C20H24N6O.C15H14ClN5O.C12H22BNO2/c3*1-25(2)21(28)24-18-6-4-5-16(11-18)19-14-22-20-12-17(13-23-27(19)20)15-7-9-26(3)10-8-15;1-25(2)20(27)24-17-5-3-4-15(10-17)18-13-22-19-11-16(12-23-26(18)19)14-6-8-21-9-7-14;1-20(2)15(22)19-12-5-3-4-10(6-12)13-9-17-14-7-11(16)8-18-21(13)14;1-11(2)12(3,4)16-13(15-11)10-6-8-14(5)9-7-10/h2*4-6,11-15H,7-10H2,1-3H3,(H,24,28);4-7,11-14H,8-10H2,1-3H3,(H,24,28);3-5,10-14,21H,6-9H2,1-2H3,(H,24,27);3-9H,1-2H3,(H,19,22);6H,7-9H2,1-5H3. The van der Waals surface area contributed by atoms with Crippen molar-refractivity contribution in [1.82, 2.24) is 122 Å². The van der Waals surface area contributed by atoms with E-state index in [4.69, 9.17) is 20.9 Å². The number of carbonyl (C=O) groups is 5. The predicted molar refractivity (Wildman–Crippen MR) is 591 cm³/mol. The Labute approximate surface area is 875 Å². The van der Waals surface area contributed by atoms with Crippen LogP contribution in [0.4, 0.5) is 52.4 Å². The Hall–Kier alpha value is -14.9. The van der Waals surface area contributed by atoms with Gasteiger partial charge in [-0.25, -0.2) is 71.5 Å². The molecule has 4 saturated heterocycles. The van der Waals surface area contributed by atoms with Gasteiger partial charge in [0.25, 0.3) is 0 Å². The lowest BCUT2D eigenvalue weighted by molar-refractivity contribution is 0.00578. The summed E-state index contributed by atoms with van der Waals surface area (Å²) in [6, 6.07) is 47.9. The van der Waals surface area contributed by atoms with Crippen molar-refractivity contribution in [2.24, 2.45) is 0 Å². The Bertz CT molecular complexity index is 7130. The first-order valence-corrected chi connectivity index (χ1v) is 50.9. The Kier molecular flexibility index (Phi) is 34.4. The van der Waals surface area contributed by atoms with Gasteiger partial charge in [-0.3, -0.25) is 0 Å². The van der Waals surface area contributed by atoms with E-state index >= 15 is 0 Å². The maximum absolute atomic E-state index is 11.9. The lowest BCUT2D eigenvalue weighted by Crippen LogP contribution is -2.41. The zero-order valence-electron chi connectivity index (χ0n) is 88.4. The molecule has 5 aromatic carbocycles. The van der Waals surface area contributed by atoms with Crippen LogP contribution < -0.4 is 31.9 Å². The minimum absolute atomic E-state index is 0.140. The number of aromatic nitrogens is 15. The van der Waals surface area contributed by atoms with E-state index in [1.54, 1.807) is 93.5 Å². The normalized spacial score (nSPS) is 16.1. The van der Waals surface area contributed by atoms with E-state index < -0.39 is 0 Å². The number of piperidine rings is 3. The highest BCUT2D eigenvalue weighted by molar-refractivity contribution is 6.54. The van der Waals surface area contributed by atoms with Gasteiger partial charge in [-0.05, 0) is 277 Å². The third kappa shape index (κ3) is 26.8. The fraction of sp³-hybridized carbons (Fsp3) is 0.373. The molecule has 6 aliphatic heterocycles. The number of benzene rings is 5. The zero-order chi connectivity index (χ0) is 105. The Morgan fingerprint density at radius 2 is 0.631 bits per heavy atom. The fourth-order valence-corrected chi connectivity index (χ4v) is 18.2. The summed E-state index contributed by atoms with van der Waals surface area (Å²) in [5, 5.41) is 41.2. The van der Waals surface area contributed by atoms with E-state index in [2.05, 4.69) is 194 Å². The van der Waals surface area contributed by atoms with Crippen LogP contribution in [0, 0.1) is 0 Å². The number of rotatable bonds is 15. The number of likely N-dealkylation sites (N-methyl/N-ethyl adjacent to an activating group) is 2. The highest BCUT2D eigenvalue weighted by atomic mass is 35.5. The number of fused-ring (bicyclic) bond motifs is 5. The molecule has 0 aliphatic carbocycles. The molecule has 21 rings (SSSR count). The molecule has 0 unspecified atom stereocenters. The van der Waals surface area contributed by atoms with Crippen molar-refractivity contribution in [2.75, 3.05) is 191 Å². The first kappa shape index (κ1) is 107. The van der Waals surface area contributed by atoms with Gasteiger partial charge in [0.05, 0.1) is 107 Å². The number of anilines is 5. The van der Waals surface area contributed by atoms with Gasteiger partial charge in [-0.1, -0.05) is 84.4 Å². The van der Waals surface area contributed by atoms with E-state index in [0.717, 1.165) is 224 Å². The SMILES string of the molecule is CN(C)C(=O)Nc1cccc(-c2cnc3cc(C4CCNCC4)cnn23)c1.CN(C)C(=O)Nc1cccc(-c2cnc3cc(Cl)cnn23)c1.CN1CC=C(B2OC(C)(C)C(C)(C)O2)CC1.CN1CC=C(c2cnn3c(-c4cccc(NC(=O)N(C)C)c4)cnc3c2)CC1.CN1CCC(c2cnn3c(-c4cccc(NC(=O)N(C)C)c4)cnc3c2)CC1.CN1CCC(c2cnn3c(-c4cccc(NC(=O)N(C)C)c4)cnc3c2)CC1. The highest BCUT2D eigenvalue weighted by Gasteiger charge is 2.52. The van der Waals surface area contributed by atoms with Gasteiger partial charge in [-0.15, -0.1) is 0 Å². The summed E-state index contributed by atoms with van der Waals surface area (Å²) in [5.41, 5.74) is 24.0. The van der Waals surface area contributed by atoms with Crippen LogP contribution in [-0.2, 0) is 9.31 Å². The number of nitrogens with one attached hydrogen (secondary N) is 6. The number of hydrogen-bond acceptors (Lipinski definition) is 22. The Morgan fingerprint density at radius 3 is 0.933 bits per heavy atom. The van der Waals surface area contributed by atoms with E-state index in [1.807, 2.05) is 189 Å². The molecule has 6 N–H and O–H groups in total. The van der Waals surface area contributed by atoms with Crippen molar-refractivity contribution >= 4 is 111 Å². The summed E-state index contributed by atoms with van der Waals surface area (Å²) in [5.74, 6) is 1.66. The molecule has 4 fully saturated rings. The number of likely N-dealkylation sites (tertiary alicyclic amines) is 2. The molecule has 0 saturated carbocycles. The first-order valence-electron chi connectivity index (χ1n) is 50.5. The van der Waals surface area contributed by atoms with E-state index in [-0.39, 0.29) is 48.5 Å². The number of amides is 10. The lowest BCUT2D eigenvalue weighted by atomic mass is 9.75. The van der Waals surface area contributed by atoms with Crippen LogP contribution >= 0.6 is 11.6 Å². The molecule has 10 amide bonds. The highest BCUT2D eigenvalue weighted by Crippen LogP contribution is 2.41. The first-order chi connectivity index (χ1) is 71.5. The summed E-state index contributed by atoms with van der Waals surface area (Å²) < 4.78 is 21.2. The van der Waals surface area contributed by atoms with Crippen LogP contribution in [-0.4, -0.2) is 330 Å². The van der Waals surface area contributed by atoms with Crippen LogP contribution in [0.1, 0.15) is 119 Å². The van der Waals surface area contributed by atoms with Crippen LogP contribution in [0.3, 0.4) is 0 Å². The van der Waals surface area contributed by atoms with Crippen LogP contribution in [0.15, 0.2) is 231 Å². The number of hydrogen-bond donors (Lipinski definition) is 6. The maximum Gasteiger partial charge on any atom is 0.490 e. The van der Waals surface area contributed by atoms with Crippen LogP contribution in [0.5, 0.6) is 0 Å². The number of carbonyl (C=O) groups excluding carboxylic acids is 5. The summed E-state index contributed by atoms with van der Waals surface area (Å²) in [4.78, 5) is 98.8. The number of halogens is 1. The second-order valence-electron chi connectivity index (χ2n) is 40.7. The van der Waals surface area contributed by atoms with Gasteiger partial charge in [0.2, 0.25) is 0 Å². The summed E-state index contributed by atoms with van der Waals surface area (Å²) in [6.45, 7) is 19.1. The molecule has 0 bridgehead atoms. The monoisotopic (exact) mass is 2040 g/mol. The third-order valence-corrected chi connectivity index (χ3v) is 28.1. The molecule has 778 valence electrons. The number of urea groups is 5. The third-order valence-electron chi connectivity index (χ3n) is 27.9. The van der Waals surface area contributed by atoms with Gasteiger partial charge in [0, 0.05) is 165 Å². The van der Waals surface area contributed by atoms with Crippen LogP contribution in [0.25, 0.3) is 90.1 Å². The molecular weight excluding hydrogens is 1900 g/mol. The largest absolute Gasteiger partial charge is 0.490 e. The average molecular weight is 2040 g/mol. The van der Waals surface area contributed by atoms with Crippen molar-refractivity contribution in [1.29, 1.82) is 0 Å². The number of imidazole rings is 5. The predicted octanol–water partition coefficient (Wildman–Crippen LogP) is 17.8. The van der Waals surface area contributed by atoms with Crippen molar-refractivity contribution < 1.29 is 33.3 Å². The van der Waals surface area contributed by atoms with Gasteiger partial charge in [-0.2, -0.15) is 25.5 Å². The van der Waals surface area contributed by atoms with E-state index in [0.29, 0.717) is 34.1 Å². The second-order valence-corrected chi connectivity index (χ2v) is 41.1. The molecule has 0 radical (unpaired) electrons. The maximum atomic E-state index is 11.9. The van der Waals surface area contributed by atoms with E-state index in [1.165, 1.54) is 52.2 Å². The molecule has 15 aromatic rings. The minimum Gasteiger partial charge on any atom is -0.400 e. The molecule has 10 aromatic heterocycles. The zero-order valence-corrected chi connectivity index (χ0v) is 89.1. The van der Waals surface area contributed by atoms with E-state index in [9.17, 15) is 24.0 Å². The van der Waals surface area contributed by atoms with Crippen molar-refractivity contribution in [3.63, 3.8) is 0 Å². The van der Waals surface area contributed by atoms with Crippen molar-refractivity contribution in [2.45, 2.75) is 108 Å². The van der Waals surface area contributed by atoms with Crippen LogP contribution in [0.2, 0.25) is 5.02 Å². The average Bonchev–Trinajstić information content (AvgIpc) is 1.63. The molecule has 0 atom stereocenters. The Balaban J connectivity index is 0.000000128. The molecule has 16 heterocycles. The molecule has 37 nitrogen and oxygen atoms in total. The van der Waals surface area contributed by atoms with Gasteiger partial charge in [0.1, 0.15) is 0 Å². The molecule has 149 heavy (non-hydrogen) atoms. The Morgan fingerprint density at radius 1 is 0.342 bits per heavy atom. The lowest BCUT2D eigenvalue weighted by Gasteiger charge is -2.32.